The average Bonchev–Trinajstić information content (AvgIpc) is 2.43. The Kier molecular flexibility index (Phi) is 2.66. The van der Waals surface area contributed by atoms with Gasteiger partial charge in [0.15, 0.2) is 5.78 Å². The molecule has 0 saturated carbocycles. The number of hydrogen-bond acceptors (Lipinski definition) is 1. The molecular weight excluding hydrogens is 220 g/mol. The summed E-state index contributed by atoms with van der Waals surface area (Å²) in [6, 6.07) is 17.6. The predicted molar refractivity (Wildman–Crippen MR) is 74.2 cm³/mol. The Morgan fingerprint density at radius 3 is 2.33 bits per heavy atom. The molecule has 0 saturated heterocycles. The van der Waals surface area contributed by atoms with E-state index in [1.807, 2.05) is 72.8 Å². The van der Waals surface area contributed by atoms with Crippen LogP contribution in [0, 0.1) is 0 Å². The quantitative estimate of drug-likeness (QED) is 0.680. The van der Waals surface area contributed by atoms with Crippen LogP contribution in [0.1, 0.15) is 21.5 Å². The van der Waals surface area contributed by atoms with E-state index in [-0.39, 0.29) is 5.78 Å². The second kappa shape index (κ2) is 4.46. The van der Waals surface area contributed by atoms with Crippen molar-refractivity contribution in [1.29, 1.82) is 0 Å². The van der Waals surface area contributed by atoms with Crippen molar-refractivity contribution < 1.29 is 4.79 Å². The molecule has 0 radical (unpaired) electrons. The van der Waals surface area contributed by atoms with Crippen LogP contribution in [-0.4, -0.2) is 5.78 Å². The lowest BCUT2D eigenvalue weighted by Gasteiger charge is -2.11. The predicted octanol–water partition coefficient (Wildman–Crippen LogP) is 3.98. The van der Waals surface area contributed by atoms with Gasteiger partial charge in [-0.3, -0.25) is 4.79 Å². The number of rotatable bonds is 1. The summed E-state index contributed by atoms with van der Waals surface area (Å²) in [4.78, 5) is 12.3. The van der Waals surface area contributed by atoms with Gasteiger partial charge < -0.3 is 0 Å². The van der Waals surface area contributed by atoms with Gasteiger partial charge in [-0.05, 0) is 17.2 Å². The molecule has 0 fully saturated rings. The Balaban J connectivity index is 2.04. The first-order valence-corrected chi connectivity index (χ1v) is 5.93. The molecule has 0 N–H and O–H groups in total. The second-order valence-corrected chi connectivity index (χ2v) is 4.26. The lowest BCUT2D eigenvalue weighted by Crippen LogP contribution is -2.07. The van der Waals surface area contributed by atoms with E-state index in [9.17, 15) is 4.79 Å². The minimum absolute atomic E-state index is 0.0944. The van der Waals surface area contributed by atoms with Crippen molar-refractivity contribution >= 4 is 17.9 Å². The lowest BCUT2D eigenvalue weighted by atomic mass is 9.91. The summed E-state index contributed by atoms with van der Waals surface area (Å²) in [6.45, 7) is 0. The standard InChI is InChI=1S/C17H12O/c18-17-15(12-13-6-2-1-3-7-13)11-10-14-8-4-5-9-16(14)17/h1-12H. The third kappa shape index (κ3) is 1.91. The van der Waals surface area contributed by atoms with E-state index in [2.05, 4.69) is 0 Å². The molecule has 1 heteroatoms. The van der Waals surface area contributed by atoms with E-state index in [0.29, 0.717) is 0 Å². The van der Waals surface area contributed by atoms with Gasteiger partial charge in [0.05, 0.1) is 0 Å². The first-order valence-electron chi connectivity index (χ1n) is 5.93. The molecule has 1 aliphatic carbocycles. The van der Waals surface area contributed by atoms with Crippen molar-refractivity contribution in [2.45, 2.75) is 0 Å². The third-order valence-electron chi connectivity index (χ3n) is 3.03. The van der Waals surface area contributed by atoms with Crippen molar-refractivity contribution in [2.24, 2.45) is 0 Å². The highest BCUT2D eigenvalue weighted by Crippen LogP contribution is 2.23. The lowest BCUT2D eigenvalue weighted by molar-refractivity contribution is 0.103. The van der Waals surface area contributed by atoms with Gasteiger partial charge in [0.25, 0.3) is 0 Å². The maximum absolute atomic E-state index is 12.3. The van der Waals surface area contributed by atoms with E-state index in [1.54, 1.807) is 0 Å². The molecule has 0 heterocycles. The van der Waals surface area contributed by atoms with Gasteiger partial charge in [0.1, 0.15) is 0 Å². The summed E-state index contributed by atoms with van der Waals surface area (Å²) in [5.74, 6) is 0.0944. The molecule has 0 amide bonds. The molecule has 0 atom stereocenters. The van der Waals surface area contributed by atoms with Crippen LogP contribution in [0.5, 0.6) is 0 Å². The maximum Gasteiger partial charge on any atom is 0.193 e. The van der Waals surface area contributed by atoms with Crippen LogP contribution in [0.3, 0.4) is 0 Å². The molecule has 2 aromatic carbocycles. The summed E-state index contributed by atoms with van der Waals surface area (Å²) in [7, 11) is 0. The zero-order chi connectivity index (χ0) is 12.4. The van der Waals surface area contributed by atoms with Crippen molar-refractivity contribution in [3.63, 3.8) is 0 Å². The Morgan fingerprint density at radius 1 is 0.778 bits per heavy atom. The zero-order valence-corrected chi connectivity index (χ0v) is 9.84. The molecule has 18 heavy (non-hydrogen) atoms. The molecule has 3 rings (SSSR count). The summed E-state index contributed by atoms with van der Waals surface area (Å²) < 4.78 is 0. The van der Waals surface area contributed by atoms with Gasteiger partial charge >= 0.3 is 0 Å². The maximum atomic E-state index is 12.3. The monoisotopic (exact) mass is 232 g/mol. The second-order valence-electron chi connectivity index (χ2n) is 4.26. The fraction of sp³-hybridized carbons (Fsp3) is 0. The molecular formula is C17H12O. The van der Waals surface area contributed by atoms with E-state index in [1.165, 1.54) is 0 Å². The van der Waals surface area contributed by atoms with Crippen molar-refractivity contribution in [3.8, 4) is 0 Å². The van der Waals surface area contributed by atoms with Gasteiger partial charge in [0, 0.05) is 11.1 Å². The van der Waals surface area contributed by atoms with Crippen LogP contribution in [-0.2, 0) is 0 Å². The van der Waals surface area contributed by atoms with Crippen LogP contribution in [0.2, 0.25) is 0 Å². The number of carbonyl (C=O) groups excluding carboxylic acids is 1. The van der Waals surface area contributed by atoms with Gasteiger partial charge in [-0.25, -0.2) is 0 Å². The third-order valence-corrected chi connectivity index (χ3v) is 3.03. The van der Waals surface area contributed by atoms with E-state index in [0.717, 1.165) is 22.3 Å². The van der Waals surface area contributed by atoms with Crippen LogP contribution in [0.15, 0.2) is 66.2 Å². The van der Waals surface area contributed by atoms with Gasteiger partial charge in [-0.15, -0.1) is 0 Å². The first kappa shape index (κ1) is 10.7. The number of fused-ring (bicyclic) bond motifs is 1. The van der Waals surface area contributed by atoms with E-state index in [4.69, 9.17) is 0 Å². The Bertz CT molecular complexity index is 648. The fourth-order valence-electron chi connectivity index (χ4n) is 2.10. The summed E-state index contributed by atoms with van der Waals surface area (Å²) in [5.41, 5.74) is 3.56. The molecule has 1 nitrogen and oxygen atoms in total. The highest BCUT2D eigenvalue weighted by Gasteiger charge is 2.16. The van der Waals surface area contributed by atoms with E-state index < -0.39 is 0 Å². The smallest absolute Gasteiger partial charge is 0.193 e. The minimum Gasteiger partial charge on any atom is -0.289 e. The number of allylic oxidation sites excluding steroid dienone is 2. The Labute approximate surface area is 106 Å². The van der Waals surface area contributed by atoms with E-state index >= 15 is 0 Å². The fourth-order valence-corrected chi connectivity index (χ4v) is 2.10. The SMILES string of the molecule is O=C1C(=Cc2ccccc2)C=Cc2ccccc21. The van der Waals surface area contributed by atoms with Crippen LogP contribution < -0.4 is 0 Å². The van der Waals surface area contributed by atoms with Crippen LogP contribution >= 0.6 is 0 Å². The highest BCUT2D eigenvalue weighted by molar-refractivity contribution is 6.17. The molecule has 0 aliphatic heterocycles. The number of Topliss-reactive ketones (excluding diaryl/α,β-unsaturated/α-hetero) is 1. The van der Waals surface area contributed by atoms with Gasteiger partial charge in [-0.1, -0.05) is 66.7 Å². The number of benzene rings is 2. The number of ketones is 1. The molecule has 1 aliphatic rings. The molecule has 0 spiro atoms. The molecule has 0 unspecified atom stereocenters. The van der Waals surface area contributed by atoms with Gasteiger partial charge in [-0.2, -0.15) is 0 Å². The normalized spacial score (nSPS) is 15.8. The largest absolute Gasteiger partial charge is 0.289 e. The summed E-state index contributed by atoms with van der Waals surface area (Å²) >= 11 is 0. The van der Waals surface area contributed by atoms with Crippen molar-refractivity contribution in [3.05, 3.63) is 82.9 Å². The number of hydrogen-bond donors (Lipinski definition) is 0. The van der Waals surface area contributed by atoms with Crippen molar-refractivity contribution in [2.75, 3.05) is 0 Å². The zero-order valence-electron chi connectivity index (χ0n) is 9.84. The summed E-state index contributed by atoms with van der Waals surface area (Å²) in [6.07, 6.45) is 5.80. The molecule has 2 aromatic rings. The number of carbonyl (C=O) groups is 1. The molecule has 0 aromatic heterocycles. The van der Waals surface area contributed by atoms with Crippen LogP contribution in [0.4, 0.5) is 0 Å². The topological polar surface area (TPSA) is 17.1 Å². The minimum atomic E-state index is 0.0944. The average molecular weight is 232 g/mol. The highest BCUT2D eigenvalue weighted by atomic mass is 16.1. The molecule has 0 bridgehead atoms. The van der Waals surface area contributed by atoms with Gasteiger partial charge in [0.2, 0.25) is 0 Å². The molecule has 86 valence electrons. The van der Waals surface area contributed by atoms with Crippen molar-refractivity contribution in [1.82, 2.24) is 0 Å². The Morgan fingerprint density at radius 2 is 1.50 bits per heavy atom. The first-order chi connectivity index (χ1) is 8.84. The Hall–Kier alpha value is -2.41. The van der Waals surface area contributed by atoms with Crippen LogP contribution in [0.25, 0.3) is 12.2 Å². The summed E-state index contributed by atoms with van der Waals surface area (Å²) in [5, 5.41) is 0.